The van der Waals surface area contributed by atoms with Gasteiger partial charge >= 0.3 is 5.69 Å². The van der Waals surface area contributed by atoms with Crippen molar-refractivity contribution in [2.75, 3.05) is 36.9 Å². The Labute approximate surface area is 266 Å². The summed E-state index contributed by atoms with van der Waals surface area (Å²) < 4.78 is 7.24. The molecule has 0 saturated carbocycles. The van der Waals surface area contributed by atoms with E-state index in [9.17, 15) is 9.59 Å². The van der Waals surface area contributed by atoms with Crippen LogP contribution in [-0.4, -0.2) is 56.6 Å². The van der Waals surface area contributed by atoms with Crippen LogP contribution in [0.5, 0.6) is 5.75 Å². The fourth-order valence-electron chi connectivity index (χ4n) is 4.74. The quantitative estimate of drug-likeness (QED) is 0.157. The lowest BCUT2D eigenvalue weighted by Crippen LogP contribution is -2.27. The third-order valence-electron chi connectivity index (χ3n) is 7.25. The molecule has 5 rings (SSSR count). The van der Waals surface area contributed by atoms with E-state index in [4.69, 9.17) is 16.3 Å². The maximum atomic E-state index is 13.3. The van der Waals surface area contributed by atoms with Gasteiger partial charge in [-0.25, -0.2) is 9.78 Å². The summed E-state index contributed by atoms with van der Waals surface area (Å²) in [6.45, 7) is 9.50. The van der Waals surface area contributed by atoms with Gasteiger partial charge in [0.15, 0.2) is 5.65 Å². The van der Waals surface area contributed by atoms with Gasteiger partial charge in [-0.15, -0.1) is 0 Å². The van der Waals surface area contributed by atoms with E-state index in [1.165, 1.54) is 10.6 Å². The van der Waals surface area contributed by atoms with Crippen molar-refractivity contribution in [1.29, 1.82) is 0 Å². The van der Waals surface area contributed by atoms with Crippen molar-refractivity contribution >= 4 is 51.9 Å². The first-order valence-corrected chi connectivity index (χ1v) is 15.0. The minimum absolute atomic E-state index is 0.245. The number of aromatic nitrogens is 4. The molecule has 230 valence electrons. The number of carbonyl (C=O) groups excluding carboxylic acids is 1. The van der Waals surface area contributed by atoms with Gasteiger partial charge in [0.1, 0.15) is 12.4 Å². The van der Waals surface area contributed by atoms with E-state index in [1.807, 2.05) is 54.6 Å². The number of nitrogens with zero attached hydrogens (tertiary/aromatic N) is 5. The van der Waals surface area contributed by atoms with E-state index in [0.717, 1.165) is 36.6 Å². The van der Waals surface area contributed by atoms with Crippen molar-refractivity contribution in [2.45, 2.75) is 20.8 Å². The standard InChI is InChI=1S/C34H34ClN7O3/c1-4-41(5-2)19-20-45-27-15-12-25(13-16-27)38-33-36-22-28-23(3)42(34(44)40-32(28)39-33)30-21-26(14-17-29(30)35)37-31(43)18-11-24-9-7-6-8-10-24/h6-18,21-22H,4-5,19-20H2,1-3H3,(H,37,43)(H,38,39,40,44). The van der Waals surface area contributed by atoms with Gasteiger partial charge in [-0.2, -0.15) is 9.97 Å². The van der Waals surface area contributed by atoms with E-state index in [0.29, 0.717) is 40.0 Å². The first kappa shape index (κ1) is 31.4. The van der Waals surface area contributed by atoms with Crippen LogP contribution in [0.2, 0.25) is 5.02 Å². The maximum Gasteiger partial charge on any atom is 0.354 e. The first-order chi connectivity index (χ1) is 21.8. The fraction of sp³-hybridized carbons (Fsp3) is 0.206. The number of hydrogen-bond donors (Lipinski definition) is 2. The SMILES string of the molecule is CCN(CC)CCOc1ccc(Nc2ncc3c(C)n(-c4cc(NC(=O)C=Cc5ccccc5)ccc4Cl)c(=O)nc3n2)cc1. The molecule has 3 aromatic carbocycles. The van der Waals surface area contributed by atoms with Gasteiger partial charge in [-0.3, -0.25) is 9.36 Å². The molecule has 11 heteroatoms. The van der Waals surface area contributed by atoms with E-state index < -0.39 is 5.69 Å². The Morgan fingerprint density at radius 3 is 2.47 bits per heavy atom. The average Bonchev–Trinajstić information content (AvgIpc) is 3.05. The van der Waals surface area contributed by atoms with Gasteiger partial charge in [0, 0.05) is 35.9 Å². The molecule has 0 radical (unpaired) electrons. The van der Waals surface area contributed by atoms with E-state index >= 15 is 0 Å². The molecule has 0 bridgehead atoms. The third-order valence-corrected chi connectivity index (χ3v) is 7.57. The Hall–Kier alpha value is -5.06. The number of likely N-dealkylation sites (N-methyl/N-ethyl adjacent to an activating group) is 1. The number of nitrogens with one attached hydrogen (secondary N) is 2. The van der Waals surface area contributed by atoms with Crippen LogP contribution >= 0.6 is 11.6 Å². The predicted molar refractivity (Wildman–Crippen MR) is 180 cm³/mol. The van der Waals surface area contributed by atoms with Crippen LogP contribution in [0.15, 0.2) is 89.9 Å². The molecule has 2 aromatic heterocycles. The Balaban J connectivity index is 1.31. The van der Waals surface area contributed by atoms with Crippen LogP contribution in [0.4, 0.5) is 17.3 Å². The molecule has 2 heterocycles. The topological polar surface area (TPSA) is 114 Å². The normalized spacial score (nSPS) is 11.3. The lowest BCUT2D eigenvalue weighted by atomic mass is 10.2. The van der Waals surface area contributed by atoms with E-state index in [-0.39, 0.29) is 11.6 Å². The monoisotopic (exact) mass is 623 g/mol. The number of rotatable bonds is 12. The summed E-state index contributed by atoms with van der Waals surface area (Å²) in [6, 6.07) is 21.9. The van der Waals surface area contributed by atoms with Gasteiger partial charge in [-0.05, 0) is 74.1 Å². The summed E-state index contributed by atoms with van der Waals surface area (Å²) in [7, 11) is 0. The van der Waals surface area contributed by atoms with Crippen molar-refractivity contribution in [3.63, 3.8) is 0 Å². The number of hydrogen-bond acceptors (Lipinski definition) is 8. The lowest BCUT2D eigenvalue weighted by molar-refractivity contribution is -0.111. The van der Waals surface area contributed by atoms with Gasteiger partial charge in [-0.1, -0.05) is 55.8 Å². The van der Waals surface area contributed by atoms with Crippen LogP contribution in [0.25, 0.3) is 22.8 Å². The lowest BCUT2D eigenvalue weighted by Gasteiger charge is -2.18. The van der Waals surface area contributed by atoms with Gasteiger partial charge in [0.25, 0.3) is 0 Å². The smallest absolute Gasteiger partial charge is 0.354 e. The van der Waals surface area contributed by atoms with Crippen LogP contribution in [-0.2, 0) is 4.79 Å². The highest BCUT2D eigenvalue weighted by Gasteiger charge is 2.15. The zero-order chi connectivity index (χ0) is 31.8. The molecule has 0 aliphatic heterocycles. The molecule has 1 amide bonds. The minimum atomic E-state index is -0.565. The zero-order valence-corrected chi connectivity index (χ0v) is 26.1. The molecular formula is C34H34ClN7O3. The molecular weight excluding hydrogens is 590 g/mol. The summed E-state index contributed by atoms with van der Waals surface area (Å²) in [4.78, 5) is 41.3. The molecule has 0 saturated heterocycles. The highest BCUT2D eigenvalue weighted by molar-refractivity contribution is 6.32. The number of halogens is 1. The van der Waals surface area contributed by atoms with Gasteiger partial charge in [0.2, 0.25) is 11.9 Å². The van der Waals surface area contributed by atoms with Crippen LogP contribution in [0, 0.1) is 6.92 Å². The summed E-state index contributed by atoms with van der Waals surface area (Å²) in [5.41, 5.74) is 2.75. The molecule has 45 heavy (non-hydrogen) atoms. The van der Waals surface area contributed by atoms with Crippen molar-refractivity contribution in [3.8, 4) is 11.4 Å². The van der Waals surface area contributed by atoms with Crippen LogP contribution < -0.4 is 21.1 Å². The highest BCUT2D eigenvalue weighted by Crippen LogP contribution is 2.27. The van der Waals surface area contributed by atoms with Crippen molar-refractivity contribution in [1.82, 2.24) is 24.4 Å². The molecule has 0 aliphatic carbocycles. The number of aryl methyl sites for hydroxylation is 1. The highest BCUT2D eigenvalue weighted by atomic mass is 35.5. The summed E-state index contributed by atoms with van der Waals surface area (Å²) in [5, 5.41) is 6.87. The van der Waals surface area contributed by atoms with Gasteiger partial charge < -0.3 is 20.3 Å². The third kappa shape index (κ3) is 7.91. The Bertz CT molecular complexity index is 1870. The Kier molecular flexibility index (Phi) is 10.2. The number of amides is 1. The number of benzene rings is 3. The molecule has 0 unspecified atom stereocenters. The predicted octanol–water partition coefficient (Wildman–Crippen LogP) is 6.25. The minimum Gasteiger partial charge on any atom is -0.492 e. The van der Waals surface area contributed by atoms with Crippen molar-refractivity contribution < 1.29 is 9.53 Å². The maximum absolute atomic E-state index is 13.3. The second-order valence-electron chi connectivity index (χ2n) is 10.2. The molecule has 0 aliphatic rings. The van der Waals surface area contributed by atoms with Gasteiger partial charge in [0.05, 0.1) is 16.1 Å². The molecule has 2 N–H and O–H groups in total. The second kappa shape index (κ2) is 14.6. The summed E-state index contributed by atoms with van der Waals surface area (Å²) in [5.74, 6) is 0.752. The van der Waals surface area contributed by atoms with Crippen LogP contribution in [0.3, 0.4) is 0 Å². The second-order valence-corrected chi connectivity index (χ2v) is 10.6. The fourth-order valence-corrected chi connectivity index (χ4v) is 4.94. The molecule has 0 fully saturated rings. The summed E-state index contributed by atoms with van der Waals surface area (Å²) >= 11 is 6.52. The number of fused-ring (bicyclic) bond motifs is 1. The number of ether oxygens (including phenoxy) is 1. The zero-order valence-electron chi connectivity index (χ0n) is 25.3. The number of anilines is 3. The largest absolute Gasteiger partial charge is 0.492 e. The number of carbonyl (C=O) groups is 1. The Morgan fingerprint density at radius 1 is 1.00 bits per heavy atom. The average molecular weight is 624 g/mol. The first-order valence-electron chi connectivity index (χ1n) is 14.7. The van der Waals surface area contributed by atoms with E-state index in [2.05, 4.69) is 44.3 Å². The van der Waals surface area contributed by atoms with Crippen LogP contribution in [0.1, 0.15) is 25.1 Å². The van der Waals surface area contributed by atoms with E-state index in [1.54, 1.807) is 37.4 Å². The molecule has 0 spiro atoms. The molecule has 5 aromatic rings. The Morgan fingerprint density at radius 2 is 1.73 bits per heavy atom. The molecule has 0 atom stereocenters. The van der Waals surface area contributed by atoms with Crippen molar-refractivity contribution in [3.05, 3.63) is 112 Å². The summed E-state index contributed by atoms with van der Waals surface area (Å²) in [6.07, 6.45) is 4.77. The van der Waals surface area contributed by atoms with Crippen molar-refractivity contribution in [2.24, 2.45) is 0 Å². The molecule has 10 nitrogen and oxygen atoms in total.